The van der Waals surface area contributed by atoms with E-state index < -0.39 is 5.60 Å². The number of carbonyl (C=O) groups excluding carboxylic acids is 1. The number of nitrogens with zero attached hydrogens (tertiary/aromatic N) is 3. The fourth-order valence-corrected chi connectivity index (χ4v) is 4.39. The van der Waals surface area contributed by atoms with E-state index in [9.17, 15) is 9.90 Å². The first-order valence-electron chi connectivity index (χ1n) is 11.4. The van der Waals surface area contributed by atoms with E-state index in [0.29, 0.717) is 42.2 Å². The Morgan fingerprint density at radius 1 is 1.29 bits per heavy atom. The molecule has 1 aliphatic heterocycles. The number of halogens is 1. The van der Waals surface area contributed by atoms with Gasteiger partial charge in [0.15, 0.2) is 0 Å². The number of aliphatic imine (C=N–C) groups is 1. The Hall–Kier alpha value is -2.94. The molecule has 1 amide bonds. The second kappa shape index (κ2) is 9.74. The summed E-state index contributed by atoms with van der Waals surface area (Å²) in [5.41, 5.74) is 7.84. The molecule has 34 heavy (non-hydrogen) atoms. The van der Waals surface area contributed by atoms with Crippen LogP contribution in [0.4, 0.5) is 5.69 Å². The molecule has 2 fully saturated rings. The highest BCUT2D eigenvalue weighted by Crippen LogP contribution is 2.36. The van der Waals surface area contributed by atoms with Crippen molar-refractivity contribution in [1.82, 2.24) is 9.80 Å². The summed E-state index contributed by atoms with van der Waals surface area (Å²) in [6, 6.07) is 12.8. The molecular weight excluding hydrogens is 454 g/mol. The highest BCUT2D eigenvalue weighted by molar-refractivity contribution is 6.31. The van der Waals surface area contributed by atoms with E-state index >= 15 is 0 Å². The van der Waals surface area contributed by atoms with Crippen LogP contribution in [0.2, 0.25) is 5.02 Å². The van der Waals surface area contributed by atoms with E-state index in [2.05, 4.69) is 16.8 Å². The van der Waals surface area contributed by atoms with Gasteiger partial charge in [0.2, 0.25) is 5.90 Å². The van der Waals surface area contributed by atoms with Gasteiger partial charge >= 0.3 is 0 Å². The Bertz CT molecular complexity index is 1120. The lowest BCUT2D eigenvalue weighted by Crippen LogP contribution is -2.53. The summed E-state index contributed by atoms with van der Waals surface area (Å²) in [5, 5.41) is 18.3. The van der Waals surface area contributed by atoms with Gasteiger partial charge in [-0.15, -0.1) is 0 Å². The van der Waals surface area contributed by atoms with Crippen LogP contribution in [0.5, 0.6) is 0 Å². The second-order valence-corrected chi connectivity index (χ2v) is 9.51. The molecule has 9 heteroatoms. The number of nitrogens with one attached hydrogen (secondary N) is 1. The van der Waals surface area contributed by atoms with Crippen molar-refractivity contribution in [3.63, 3.8) is 0 Å². The van der Waals surface area contributed by atoms with Crippen LogP contribution in [-0.2, 0) is 11.3 Å². The van der Waals surface area contributed by atoms with Gasteiger partial charge in [0.25, 0.3) is 11.9 Å². The third kappa shape index (κ3) is 5.41. The van der Waals surface area contributed by atoms with Crippen molar-refractivity contribution in [2.24, 2.45) is 10.7 Å². The molecule has 1 saturated heterocycles. The van der Waals surface area contributed by atoms with Crippen molar-refractivity contribution in [1.29, 1.82) is 5.41 Å². The molecule has 1 saturated carbocycles. The molecule has 4 rings (SSSR count). The van der Waals surface area contributed by atoms with Crippen LogP contribution < -0.4 is 5.73 Å². The lowest BCUT2D eigenvalue weighted by atomic mass is 10.0. The molecule has 2 aliphatic rings. The lowest BCUT2D eigenvalue weighted by Gasteiger charge is -2.40. The van der Waals surface area contributed by atoms with E-state index in [4.69, 9.17) is 27.5 Å². The number of rotatable bonds is 5. The topological polar surface area (TPSA) is 115 Å². The summed E-state index contributed by atoms with van der Waals surface area (Å²) in [4.78, 5) is 21.4. The van der Waals surface area contributed by atoms with Gasteiger partial charge in [-0.1, -0.05) is 29.8 Å². The predicted molar refractivity (Wildman–Crippen MR) is 133 cm³/mol. The van der Waals surface area contributed by atoms with E-state index in [1.165, 1.54) is 0 Å². The third-order valence-corrected chi connectivity index (χ3v) is 6.64. The highest BCUT2D eigenvalue weighted by Gasteiger charge is 2.47. The van der Waals surface area contributed by atoms with Crippen LogP contribution in [0.1, 0.15) is 41.3 Å². The minimum atomic E-state index is -1.21. The molecule has 0 radical (unpaired) electrons. The SMILES string of the molecule is Cc1c(CN2CCN(C(=O)c3ccccc3)[C@@H](C)C2)cc(Cl)cc1N=C(N)OC(=N)C1(O)CC1. The number of piperazine rings is 1. The number of ether oxygens (including phenoxy) is 1. The molecule has 2 aromatic carbocycles. The minimum Gasteiger partial charge on any atom is -0.408 e. The fourth-order valence-electron chi connectivity index (χ4n) is 4.15. The highest BCUT2D eigenvalue weighted by atomic mass is 35.5. The second-order valence-electron chi connectivity index (χ2n) is 9.07. The number of hydrogen-bond donors (Lipinski definition) is 3. The molecule has 0 spiro atoms. The van der Waals surface area contributed by atoms with Crippen LogP contribution in [-0.4, -0.2) is 64.0 Å². The van der Waals surface area contributed by atoms with Gasteiger partial charge in [0, 0.05) is 42.8 Å². The van der Waals surface area contributed by atoms with E-state index in [1.807, 2.05) is 48.2 Å². The number of amides is 1. The Kier molecular flexibility index (Phi) is 6.93. The van der Waals surface area contributed by atoms with Crippen LogP contribution in [0, 0.1) is 12.3 Å². The van der Waals surface area contributed by atoms with Crippen molar-refractivity contribution < 1.29 is 14.6 Å². The smallest absolute Gasteiger partial charge is 0.293 e. The summed E-state index contributed by atoms with van der Waals surface area (Å²) in [5.74, 6) is -0.231. The van der Waals surface area contributed by atoms with Crippen molar-refractivity contribution in [3.05, 3.63) is 64.2 Å². The summed E-state index contributed by atoms with van der Waals surface area (Å²) in [7, 11) is 0. The van der Waals surface area contributed by atoms with E-state index in [0.717, 1.165) is 24.2 Å². The van der Waals surface area contributed by atoms with Crippen molar-refractivity contribution in [2.75, 3.05) is 19.6 Å². The molecule has 2 aromatic rings. The van der Waals surface area contributed by atoms with Crippen molar-refractivity contribution in [2.45, 2.75) is 44.9 Å². The van der Waals surface area contributed by atoms with Crippen LogP contribution in [0.25, 0.3) is 0 Å². The maximum atomic E-state index is 12.9. The van der Waals surface area contributed by atoms with Crippen LogP contribution in [0.3, 0.4) is 0 Å². The number of nitrogens with two attached hydrogens (primary N) is 1. The van der Waals surface area contributed by atoms with E-state index in [1.54, 1.807) is 6.07 Å². The Morgan fingerprint density at radius 2 is 2.00 bits per heavy atom. The molecule has 1 aliphatic carbocycles. The Balaban J connectivity index is 1.43. The zero-order chi connectivity index (χ0) is 24.5. The molecule has 0 bridgehead atoms. The Morgan fingerprint density at radius 3 is 2.65 bits per heavy atom. The average molecular weight is 484 g/mol. The van der Waals surface area contributed by atoms with Crippen LogP contribution >= 0.6 is 11.6 Å². The standard InChI is InChI=1S/C25H30ClN5O3/c1-16-14-30(10-11-31(16)22(32)18-6-4-3-5-7-18)15-19-12-20(26)13-21(17(19)2)29-24(28)34-23(27)25(33)8-9-25/h3-7,12-13,16,27,33H,8-11,14-15H2,1-2H3,(H2,28,29)/t16-/m0/s1. The molecule has 8 nitrogen and oxygen atoms in total. The molecule has 0 unspecified atom stereocenters. The minimum absolute atomic E-state index is 0.0557. The molecular formula is C25H30ClN5O3. The van der Waals surface area contributed by atoms with Crippen molar-refractivity contribution >= 4 is 35.1 Å². The predicted octanol–water partition coefficient (Wildman–Crippen LogP) is 3.46. The van der Waals surface area contributed by atoms with Crippen LogP contribution in [0.15, 0.2) is 47.5 Å². The number of hydrogen-bond acceptors (Lipinski definition) is 6. The molecule has 1 atom stereocenters. The molecule has 180 valence electrons. The first-order valence-corrected chi connectivity index (χ1v) is 11.7. The van der Waals surface area contributed by atoms with Gasteiger partial charge in [0.1, 0.15) is 5.60 Å². The number of aliphatic hydroxyl groups is 1. The fraction of sp³-hybridized carbons (Fsp3) is 0.400. The first kappa shape index (κ1) is 24.2. The summed E-state index contributed by atoms with van der Waals surface area (Å²) >= 11 is 6.37. The van der Waals surface area contributed by atoms with Gasteiger partial charge in [-0.25, -0.2) is 0 Å². The molecule has 1 heterocycles. The average Bonchev–Trinajstić information content (AvgIpc) is 3.56. The number of benzene rings is 2. The lowest BCUT2D eigenvalue weighted by molar-refractivity contribution is 0.0475. The summed E-state index contributed by atoms with van der Waals surface area (Å²) in [6.07, 6.45) is 0.976. The zero-order valence-corrected chi connectivity index (χ0v) is 20.2. The monoisotopic (exact) mass is 483 g/mol. The summed E-state index contributed by atoms with van der Waals surface area (Å²) in [6.45, 7) is 6.79. The van der Waals surface area contributed by atoms with Gasteiger partial charge in [0.05, 0.1) is 5.69 Å². The molecule has 4 N–H and O–H groups in total. The zero-order valence-electron chi connectivity index (χ0n) is 19.4. The normalized spacial score (nSPS) is 20.2. The number of carbonyl (C=O) groups is 1. The Labute approximate surface area is 204 Å². The van der Waals surface area contributed by atoms with Crippen molar-refractivity contribution in [3.8, 4) is 0 Å². The number of amidine groups is 1. The third-order valence-electron chi connectivity index (χ3n) is 6.42. The maximum absolute atomic E-state index is 12.9. The largest absolute Gasteiger partial charge is 0.408 e. The van der Waals surface area contributed by atoms with Gasteiger partial charge in [-0.3, -0.25) is 15.1 Å². The van der Waals surface area contributed by atoms with Gasteiger partial charge < -0.3 is 20.5 Å². The maximum Gasteiger partial charge on any atom is 0.293 e. The van der Waals surface area contributed by atoms with Gasteiger partial charge in [-0.2, -0.15) is 4.99 Å². The quantitative estimate of drug-likeness (QED) is 0.445. The first-order chi connectivity index (χ1) is 16.2. The summed E-state index contributed by atoms with van der Waals surface area (Å²) < 4.78 is 5.22. The molecule has 0 aromatic heterocycles. The van der Waals surface area contributed by atoms with Gasteiger partial charge in [-0.05, 0) is 62.1 Å². The van der Waals surface area contributed by atoms with E-state index in [-0.39, 0.29) is 23.9 Å².